The van der Waals surface area contributed by atoms with Crippen LogP contribution in [0.2, 0.25) is 0 Å². The van der Waals surface area contributed by atoms with E-state index in [2.05, 4.69) is 6.58 Å². The van der Waals surface area contributed by atoms with Crippen LogP contribution in [0, 0.1) is 11.3 Å². The van der Waals surface area contributed by atoms with Gasteiger partial charge in [0, 0.05) is 13.8 Å². The molecule has 0 saturated carbocycles. The zero-order valence-corrected chi connectivity index (χ0v) is 10.7. The maximum absolute atomic E-state index is 10.9. The summed E-state index contributed by atoms with van der Waals surface area (Å²) in [5, 5.41) is 8.68. The third-order valence-electron chi connectivity index (χ3n) is 1.91. The van der Waals surface area contributed by atoms with Crippen LogP contribution in [0.4, 0.5) is 0 Å². The van der Waals surface area contributed by atoms with E-state index >= 15 is 0 Å². The number of nitriles is 1. The summed E-state index contributed by atoms with van der Waals surface area (Å²) >= 11 is 0. The van der Waals surface area contributed by atoms with Gasteiger partial charge in [-0.05, 0) is 13.0 Å². The van der Waals surface area contributed by atoms with Crippen molar-refractivity contribution in [2.45, 2.75) is 39.1 Å². The first kappa shape index (κ1) is 16.1. The molecule has 0 radical (unpaired) electrons. The zero-order valence-electron chi connectivity index (χ0n) is 10.7. The van der Waals surface area contributed by atoms with E-state index in [0.717, 1.165) is 0 Å². The second-order valence-electron chi connectivity index (χ2n) is 3.56. The van der Waals surface area contributed by atoms with Crippen molar-refractivity contribution in [1.82, 2.24) is 0 Å². The normalized spacial score (nSPS) is 14.8. The topological polar surface area (TPSA) is 85.6 Å². The summed E-state index contributed by atoms with van der Waals surface area (Å²) < 4.78 is 15.1. The number of rotatable bonds is 7. The van der Waals surface area contributed by atoms with E-state index < -0.39 is 30.3 Å². The maximum atomic E-state index is 10.9. The van der Waals surface area contributed by atoms with E-state index in [4.69, 9.17) is 19.5 Å². The first-order valence-electron chi connectivity index (χ1n) is 5.39. The fourth-order valence-electron chi connectivity index (χ4n) is 1.17. The minimum absolute atomic E-state index is 0.120. The Kier molecular flexibility index (Phi) is 7.40. The van der Waals surface area contributed by atoms with Crippen LogP contribution in [-0.2, 0) is 23.8 Å². The summed E-state index contributed by atoms with van der Waals surface area (Å²) in [5.74, 6) is -1.00. The highest BCUT2D eigenvalue weighted by Crippen LogP contribution is 2.10. The molecule has 0 saturated heterocycles. The monoisotopic (exact) mass is 255 g/mol. The van der Waals surface area contributed by atoms with E-state index in [0.29, 0.717) is 0 Å². The number of carbonyl (C=O) groups excluding carboxylic acids is 2. The summed E-state index contributed by atoms with van der Waals surface area (Å²) in [5.41, 5.74) is 0. The molecule has 0 aliphatic heterocycles. The Labute approximate surface area is 106 Å². The Morgan fingerprint density at radius 1 is 1.39 bits per heavy atom. The van der Waals surface area contributed by atoms with Crippen LogP contribution < -0.4 is 0 Å². The van der Waals surface area contributed by atoms with Crippen molar-refractivity contribution < 1.29 is 23.8 Å². The summed E-state index contributed by atoms with van der Waals surface area (Å²) in [6, 6.07) is 1.88. The molecule has 2 unspecified atom stereocenters. The van der Waals surface area contributed by atoms with Gasteiger partial charge in [-0.1, -0.05) is 6.58 Å². The Bertz CT molecular complexity index is 347. The molecule has 0 aromatic rings. The fraction of sp³-hybridized carbons (Fsp3) is 0.583. The minimum atomic E-state index is -0.780. The second-order valence-corrected chi connectivity index (χ2v) is 3.56. The van der Waals surface area contributed by atoms with Crippen LogP contribution in [-0.4, -0.2) is 36.9 Å². The highest BCUT2D eigenvalue weighted by atomic mass is 16.6. The summed E-state index contributed by atoms with van der Waals surface area (Å²) in [6.07, 6.45) is -0.897. The van der Waals surface area contributed by atoms with Gasteiger partial charge in [0.05, 0.1) is 6.07 Å². The van der Waals surface area contributed by atoms with Crippen molar-refractivity contribution in [1.29, 1.82) is 5.26 Å². The lowest BCUT2D eigenvalue weighted by molar-refractivity contribution is -0.160. The van der Waals surface area contributed by atoms with E-state index in [9.17, 15) is 9.59 Å². The Morgan fingerprint density at radius 2 is 2.00 bits per heavy atom. The molecular weight excluding hydrogens is 238 g/mol. The summed E-state index contributed by atoms with van der Waals surface area (Å²) in [7, 11) is 0. The van der Waals surface area contributed by atoms with Crippen molar-refractivity contribution >= 4 is 11.9 Å². The molecule has 6 nitrogen and oxygen atoms in total. The minimum Gasteiger partial charge on any atom is -0.463 e. The van der Waals surface area contributed by atoms with Gasteiger partial charge in [-0.15, -0.1) is 0 Å². The average Bonchev–Trinajstić information content (AvgIpc) is 2.30. The van der Waals surface area contributed by atoms with Gasteiger partial charge in [-0.3, -0.25) is 9.59 Å². The van der Waals surface area contributed by atoms with Gasteiger partial charge >= 0.3 is 11.9 Å². The van der Waals surface area contributed by atoms with E-state index in [1.165, 1.54) is 26.8 Å². The zero-order chi connectivity index (χ0) is 14.1. The molecule has 0 fully saturated rings. The van der Waals surface area contributed by atoms with E-state index in [1.54, 1.807) is 0 Å². The highest BCUT2D eigenvalue weighted by molar-refractivity contribution is 5.66. The van der Waals surface area contributed by atoms with Crippen LogP contribution in [0.15, 0.2) is 12.7 Å². The number of ether oxygens (including phenoxy) is 3. The first-order chi connectivity index (χ1) is 8.40. The highest BCUT2D eigenvalue weighted by Gasteiger charge is 2.25. The van der Waals surface area contributed by atoms with Crippen molar-refractivity contribution in [2.24, 2.45) is 0 Å². The van der Waals surface area contributed by atoms with Gasteiger partial charge in [0.15, 0.2) is 0 Å². The number of esters is 2. The first-order valence-corrected chi connectivity index (χ1v) is 5.39. The molecule has 0 N–H and O–H groups in total. The van der Waals surface area contributed by atoms with Crippen LogP contribution in [0.5, 0.6) is 0 Å². The van der Waals surface area contributed by atoms with Crippen molar-refractivity contribution in [3.63, 3.8) is 0 Å². The standard InChI is InChI=1S/C12H17NO5/c1-5-11(18-10(4)15)12(7-16-9(3)14)17-8(2)6-13/h5,8,11-12H,1,7H2,2-4H3/t8?,11-,12?/m0/s1. The molecule has 18 heavy (non-hydrogen) atoms. The molecule has 0 aromatic carbocycles. The van der Waals surface area contributed by atoms with E-state index in [1.807, 2.05) is 6.07 Å². The van der Waals surface area contributed by atoms with Crippen LogP contribution >= 0.6 is 0 Å². The molecule has 0 aliphatic rings. The lowest BCUT2D eigenvalue weighted by atomic mass is 10.2. The summed E-state index contributed by atoms with van der Waals surface area (Å²) in [6.45, 7) is 7.42. The maximum Gasteiger partial charge on any atom is 0.303 e. The Balaban J connectivity index is 4.69. The average molecular weight is 255 g/mol. The number of hydrogen-bond donors (Lipinski definition) is 0. The molecule has 0 rings (SSSR count). The van der Waals surface area contributed by atoms with Gasteiger partial charge in [-0.25, -0.2) is 0 Å². The molecule has 3 atom stereocenters. The van der Waals surface area contributed by atoms with Gasteiger partial charge in [-0.2, -0.15) is 5.26 Å². The van der Waals surface area contributed by atoms with Crippen LogP contribution in [0.3, 0.4) is 0 Å². The molecule has 0 spiro atoms. The van der Waals surface area contributed by atoms with Crippen LogP contribution in [0.25, 0.3) is 0 Å². The molecule has 6 heteroatoms. The number of nitrogens with zero attached hydrogens (tertiary/aromatic N) is 1. The summed E-state index contributed by atoms with van der Waals surface area (Å²) in [4.78, 5) is 21.7. The third-order valence-corrected chi connectivity index (χ3v) is 1.91. The molecule has 0 bridgehead atoms. The Morgan fingerprint density at radius 3 is 2.39 bits per heavy atom. The quantitative estimate of drug-likeness (QED) is 0.497. The predicted molar refractivity (Wildman–Crippen MR) is 62.3 cm³/mol. The lowest BCUT2D eigenvalue weighted by Gasteiger charge is -2.24. The molecule has 100 valence electrons. The predicted octanol–water partition coefficient (Wildman–Crippen LogP) is 0.964. The van der Waals surface area contributed by atoms with Gasteiger partial charge in [0.1, 0.15) is 24.9 Å². The van der Waals surface area contributed by atoms with Gasteiger partial charge in [0.2, 0.25) is 0 Å². The largest absolute Gasteiger partial charge is 0.463 e. The molecular formula is C12H17NO5. The number of carbonyl (C=O) groups is 2. The Hall–Kier alpha value is -1.87. The molecule has 0 heterocycles. The van der Waals surface area contributed by atoms with Gasteiger partial charge in [0.25, 0.3) is 0 Å². The van der Waals surface area contributed by atoms with Crippen molar-refractivity contribution in [3.8, 4) is 6.07 Å². The van der Waals surface area contributed by atoms with E-state index in [-0.39, 0.29) is 6.61 Å². The smallest absolute Gasteiger partial charge is 0.303 e. The fourth-order valence-corrected chi connectivity index (χ4v) is 1.17. The SMILES string of the molecule is C=C[C@H](OC(C)=O)C(COC(C)=O)OC(C)C#N. The molecule has 0 aliphatic carbocycles. The number of hydrogen-bond acceptors (Lipinski definition) is 6. The second kappa shape index (κ2) is 8.25. The third kappa shape index (κ3) is 6.66. The van der Waals surface area contributed by atoms with Gasteiger partial charge < -0.3 is 14.2 Å². The van der Waals surface area contributed by atoms with Crippen molar-refractivity contribution in [3.05, 3.63) is 12.7 Å². The lowest BCUT2D eigenvalue weighted by Crippen LogP contribution is -2.37. The molecule has 0 amide bonds. The van der Waals surface area contributed by atoms with Crippen LogP contribution in [0.1, 0.15) is 20.8 Å². The van der Waals surface area contributed by atoms with Crippen molar-refractivity contribution in [2.75, 3.05) is 6.61 Å². The molecule has 0 aromatic heterocycles.